The van der Waals surface area contributed by atoms with E-state index in [1.807, 2.05) is 18.2 Å². The molecule has 0 aliphatic carbocycles. The zero-order valence-electron chi connectivity index (χ0n) is 9.11. The van der Waals surface area contributed by atoms with E-state index in [2.05, 4.69) is 20.9 Å². The summed E-state index contributed by atoms with van der Waals surface area (Å²) in [6, 6.07) is 8.33. The van der Waals surface area contributed by atoms with Crippen molar-refractivity contribution in [1.82, 2.24) is 4.98 Å². The van der Waals surface area contributed by atoms with Crippen LogP contribution in [0.3, 0.4) is 0 Å². The van der Waals surface area contributed by atoms with Gasteiger partial charge >= 0.3 is 0 Å². The minimum Gasteiger partial charge on any atom is -0.324 e. The third kappa shape index (κ3) is 3.35. The van der Waals surface area contributed by atoms with Crippen LogP contribution in [0, 0.1) is 5.82 Å². The highest BCUT2D eigenvalue weighted by molar-refractivity contribution is 9.10. The molecule has 2 aromatic rings. The number of pyridine rings is 1. The summed E-state index contributed by atoms with van der Waals surface area (Å²) >= 11 is 3.26. The van der Waals surface area contributed by atoms with Gasteiger partial charge in [-0.25, -0.2) is 4.39 Å². The second kappa shape index (κ2) is 5.38. The average molecular weight is 295 g/mol. The maximum Gasteiger partial charge on any atom is 0.124 e. The Morgan fingerprint density at radius 3 is 2.59 bits per heavy atom. The Bertz CT molecular complexity index is 482. The molecule has 0 fully saturated rings. The lowest BCUT2D eigenvalue weighted by atomic mass is 10.0. The van der Waals surface area contributed by atoms with Crippen molar-refractivity contribution >= 4 is 15.9 Å². The molecule has 17 heavy (non-hydrogen) atoms. The van der Waals surface area contributed by atoms with Crippen LogP contribution < -0.4 is 5.73 Å². The lowest BCUT2D eigenvalue weighted by Gasteiger charge is -2.12. The summed E-state index contributed by atoms with van der Waals surface area (Å²) in [5.74, 6) is -0.278. The molecule has 0 aliphatic heterocycles. The molecule has 0 aliphatic rings. The summed E-state index contributed by atoms with van der Waals surface area (Å²) in [5.41, 5.74) is 7.93. The molecule has 2 nitrogen and oxygen atoms in total. The number of hydrogen-bond donors (Lipinski definition) is 1. The van der Waals surface area contributed by atoms with Crippen LogP contribution in [0.1, 0.15) is 17.2 Å². The Morgan fingerprint density at radius 2 is 1.94 bits per heavy atom. The fourth-order valence-electron chi connectivity index (χ4n) is 1.68. The van der Waals surface area contributed by atoms with Crippen LogP contribution in [0.4, 0.5) is 4.39 Å². The van der Waals surface area contributed by atoms with Crippen molar-refractivity contribution in [2.45, 2.75) is 12.5 Å². The van der Waals surface area contributed by atoms with Gasteiger partial charge in [-0.15, -0.1) is 0 Å². The molecule has 0 spiro atoms. The van der Waals surface area contributed by atoms with Gasteiger partial charge in [-0.1, -0.05) is 15.9 Å². The molecule has 2 N–H and O–H groups in total. The maximum atomic E-state index is 13.2. The second-order valence-corrected chi connectivity index (χ2v) is 4.78. The molecule has 0 radical (unpaired) electrons. The van der Waals surface area contributed by atoms with E-state index in [1.54, 1.807) is 12.4 Å². The van der Waals surface area contributed by atoms with Crippen molar-refractivity contribution in [1.29, 1.82) is 0 Å². The van der Waals surface area contributed by atoms with Gasteiger partial charge in [0.05, 0.1) is 0 Å². The molecule has 88 valence electrons. The molecule has 1 unspecified atom stereocenters. The number of rotatable bonds is 3. The summed E-state index contributed by atoms with van der Waals surface area (Å²) in [6.07, 6.45) is 4.12. The molecule has 2 rings (SSSR count). The van der Waals surface area contributed by atoms with E-state index in [0.717, 1.165) is 11.1 Å². The summed E-state index contributed by atoms with van der Waals surface area (Å²) in [4.78, 5) is 3.95. The first-order chi connectivity index (χ1) is 8.15. The molecular formula is C13H12BrFN2. The van der Waals surface area contributed by atoms with E-state index in [9.17, 15) is 4.39 Å². The SMILES string of the molecule is NC(Cc1ccncc1)c1cc(F)cc(Br)c1. The number of halogens is 2. The van der Waals surface area contributed by atoms with E-state index in [1.165, 1.54) is 12.1 Å². The Kier molecular flexibility index (Phi) is 3.86. The van der Waals surface area contributed by atoms with Crippen molar-refractivity contribution < 1.29 is 4.39 Å². The van der Waals surface area contributed by atoms with Gasteiger partial charge in [0.1, 0.15) is 5.82 Å². The van der Waals surface area contributed by atoms with E-state index >= 15 is 0 Å². The molecule has 1 atom stereocenters. The lowest BCUT2D eigenvalue weighted by molar-refractivity contribution is 0.617. The fraction of sp³-hybridized carbons (Fsp3) is 0.154. The Balaban J connectivity index is 2.17. The predicted octanol–water partition coefficient (Wildman–Crippen LogP) is 3.23. The largest absolute Gasteiger partial charge is 0.324 e. The fourth-order valence-corrected chi connectivity index (χ4v) is 2.16. The number of nitrogens with two attached hydrogens (primary N) is 1. The van der Waals surface area contributed by atoms with Gasteiger partial charge in [0.15, 0.2) is 0 Å². The van der Waals surface area contributed by atoms with Gasteiger partial charge in [0.2, 0.25) is 0 Å². The molecule has 0 bridgehead atoms. The lowest BCUT2D eigenvalue weighted by Crippen LogP contribution is -2.13. The van der Waals surface area contributed by atoms with Crippen LogP contribution in [-0.4, -0.2) is 4.98 Å². The van der Waals surface area contributed by atoms with Crippen LogP contribution in [0.2, 0.25) is 0 Å². The molecule has 0 saturated heterocycles. The van der Waals surface area contributed by atoms with Gasteiger partial charge < -0.3 is 5.73 Å². The summed E-state index contributed by atoms with van der Waals surface area (Å²) in [5, 5.41) is 0. The first kappa shape index (κ1) is 12.2. The molecule has 0 amide bonds. The first-order valence-corrected chi connectivity index (χ1v) is 6.05. The van der Waals surface area contributed by atoms with Crippen LogP contribution in [0.25, 0.3) is 0 Å². The van der Waals surface area contributed by atoms with Crippen LogP contribution in [0.15, 0.2) is 47.2 Å². The molecule has 0 saturated carbocycles. The molecule has 1 aromatic carbocycles. The number of hydrogen-bond acceptors (Lipinski definition) is 2. The Hall–Kier alpha value is -1.26. The van der Waals surface area contributed by atoms with Crippen molar-refractivity contribution in [2.75, 3.05) is 0 Å². The van der Waals surface area contributed by atoms with Gasteiger partial charge in [-0.2, -0.15) is 0 Å². The number of nitrogens with zero attached hydrogens (tertiary/aromatic N) is 1. The third-order valence-electron chi connectivity index (χ3n) is 2.52. The Morgan fingerprint density at radius 1 is 1.24 bits per heavy atom. The molecular weight excluding hydrogens is 283 g/mol. The second-order valence-electron chi connectivity index (χ2n) is 3.87. The Labute approximate surface area is 108 Å². The van der Waals surface area contributed by atoms with Gasteiger partial charge in [-0.3, -0.25) is 4.98 Å². The molecule has 1 heterocycles. The van der Waals surface area contributed by atoms with Crippen LogP contribution >= 0.6 is 15.9 Å². The van der Waals surface area contributed by atoms with Gasteiger partial charge in [-0.05, 0) is 47.9 Å². The van der Waals surface area contributed by atoms with Gasteiger partial charge in [0, 0.05) is 22.9 Å². The maximum absolute atomic E-state index is 13.2. The minimum absolute atomic E-state index is 0.218. The smallest absolute Gasteiger partial charge is 0.124 e. The quantitative estimate of drug-likeness (QED) is 0.944. The first-order valence-electron chi connectivity index (χ1n) is 5.25. The predicted molar refractivity (Wildman–Crippen MR) is 69.0 cm³/mol. The summed E-state index contributed by atoms with van der Waals surface area (Å²) < 4.78 is 13.9. The monoisotopic (exact) mass is 294 g/mol. The minimum atomic E-state index is -0.278. The van der Waals surface area contributed by atoms with Crippen LogP contribution in [0.5, 0.6) is 0 Å². The highest BCUT2D eigenvalue weighted by Crippen LogP contribution is 2.21. The molecule has 1 aromatic heterocycles. The number of benzene rings is 1. The standard InChI is InChI=1S/C13H12BrFN2/c14-11-6-10(7-12(15)8-11)13(16)5-9-1-3-17-4-2-9/h1-4,6-8,13H,5,16H2. The third-order valence-corrected chi connectivity index (χ3v) is 2.98. The number of aromatic nitrogens is 1. The van der Waals surface area contributed by atoms with Crippen molar-refractivity contribution in [2.24, 2.45) is 5.73 Å². The zero-order valence-corrected chi connectivity index (χ0v) is 10.7. The van der Waals surface area contributed by atoms with E-state index in [-0.39, 0.29) is 11.9 Å². The zero-order chi connectivity index (χ0) is 12.3. The average Bonchev–Trinajstić information content (AvgIpc) is 2.29. The highest BCUT2D eigenvalue weighted by atomic mass is 79.9. The van der Waals surface area contributed by atoms with Gasteiger partial charge in [0.25, 0.3) is 0 Å². The van der Waals surface area contributed by atoms with Crippen molar-refractivity contribution in [3.63, 3.8) is 0 Å². The van der Waals surface area contributed by atoms with E-state index < -0.39 is 0 Å². The van der Waals surface area contributed by atoms with Crippen molar-refractivity contribution in [3.05, 3.63) is 64.1 Å². The summed E-state index contributed by atoms with van der Waals surface area (Å²) in [7, 11) is 0. The topological polar surface area (TPSA) is 38.9 Å². The van der Waals surface area contributed by atoms with Crippen LogP contribution in [-0.2, 0) is 6.42 Å². The molecule has 4 heteroatoms. The normalized spacial score (nSPS) is 12.4. The summed E-state index contributed by atoms with van der Waals surface area (Å²) in [6.45, 7) is 0. The van der Waals surface area contributed by atoms with E-state index in [0.29, 0.717) is 10.9 Å². The highest BCUT2D eigenvalue weighted by Gasteiger charge is 2.09. The van der Waals surface area contributed by atoms with E-state index in [4.69, 9.17) is 5.73 Å². The van der Waals surface area contributed by atoms with Crippen molar-refractivity contribution in [3.8, 4) is 0 Å².